The highest BCUT2D eigenvalue weighted by atomic mass is 32.2. The minimum atomic E-state index is -3.32. The molecule has 1 rings (SSSR count). The van der Waals surface area contributed by atoms with Gasteiger partial charge in [-0.3, -0.25) is 0 Å². The molecule has 0 radical (unpaired) electrons. The van der Waals surface area contributed by atoms with Crippen molar-refractivity contribution in [3.05, 3.63) is 0 Å². The molecule has 1 fully saturated rings. The number of ether oxygens (including phenoxy) is 1. The second-order valence-corrected chi connectivity index (χ2v) is 6.44. The van der Waals surface area contributed by atoms with Gasteiger partial charge in [0.2, 0.25) is 0 Å². The maximum Gasteiger partial charge on any atom is 0.281 e. The highest BCUT2D eigenvalue weighted by molar-refractivity contribution is 7.86. The molecule has 0 amide bonds. The average molecular weight is 265 g/mol. The number of methoxy groups -OCH3 is 1. The van der Waals surface area contributed by atoms with Crippen molar-refractivity contribution in [1.82, 2.24) is 8.61 Å². The molecule has 7 heteroatoms. The van der Waals surface area contributed by atoms with Gasteiger partial charge in [0.05, 0.1) is 6.61 Å². The predicted molar refractivity (Wildman–Crippen MR) is 66.8 cm³/mol. The summed E-state index contributed by atoms with van der Waals surface area (Å²) in [6.45, 7) is 2.58. The number of nitrogens with two attached hydrogens (primary N) is 1. The lowest BCUT2D eigenvalue weighted by Gasteiger charge is -2.33. The lowest BCUT2D eigenvalue weighted by Crippen LogP contribution is -2.47. The molecule has 0 aromatic carbocycles. The van der Waals surface area contributed by atoms with Crippen LogP contribution in [0.25, 0.3) is 0 Å². The smallest absolute Gasteiger partial charge is 0.281 e. The molecule has 1 saturated heterocycles. The van der Waals surface area contributed by atoms with Gasteiger partial charge >= 0.3 is 0 Å². The Morgan fingerprint density at radius 3 is 2.47 bits per heavy atom. The predicted octanol–water partition coefficient (Wildman–Crippen LogP) is -0.520. The summed E-state index contributed by atoms with van der Waals surface area (Å²) in [4.78, 5) is 0. The summed E-state index contributed by atoms with van der Waals surface area (Å²) in [6.07, 6.45) is 1.71. The van der Waals surface area contributed by atoms with Crippen LogP contribution in [-0.2, 0) is 14.9 Å². The summed E-state index contributed by atoms with van der Waals surface area (Å²) < 4.78 is 32.1. The van der Waals surface area contributed by atoms with Gasteiger partial charge in [-0.15, -0.1) is 0 Å². The minimum absolute atomic E-state index is 0.385. The fraction of sp³-hybridized carbons (Fsp3) is 1.00. The van der Waals surface area contributed by atoms with E-state index in [0.29, 0.717) is 38.7 Å². The van der Waals surface area contributed by atoms with E-state index in [0.717, 1.165) is 12.8 Å². The van der Waals surface area contributed by atoms with Crippen molar-refractivity contribution >= 4 is 10.2 Å². The van der Waals surface area contributed by atoms with Crippen molar-refractivity contribution in [2.75, 3.05) is 46.9 Å². The highest BCUT2D eigenvalue weighted by Crippen LogP contribution is 2.19. The van der Waals surface area contributed by atoms with Crippen LogP contribution in [-0.4, -0.2) is 64.0 Å². The summed E-state index contributed by atoms with van der Waals surface area (Å²) in [7, 11) is -0.171. The molecule has 0 unspecified atom stereocenters. The number of hydrogen-bond donors (Lipinski definition) is 1. The molecule has 0 aromatic rings. The SMILES string of the molecule is COCCN(C)S(=O)(=O)N1CCC(CN)CC1. The van der Waals surface area contributed by atoms with Crippen LogP contribution < -0.4 is 5.73 Å². The second-order valence-electron chi connectivity index (χ2n) is 4.40. The van der Waals surface area contributed by atoms with Gasteiger partial charge in [-0.1, -0.05) is 0 Å². The van der Waals surface area contributed by atoms with E-state index in [2.05, 4.69) is 0 Å². The van der Waals surface area contributed by atoms with E-state index < -0.39 is 10.2 Å². The Bertz CT molecular complexity index is 313. The monoisotopic (exact) mass is 265 g/mol. The van der Waals surface area contributed by atoms with Gasteiger partial charge in [-0.25, -0.2) is 0 Å². The second kappa shape index (κ2) is 6.65. The quantitative estimate of drug-likeness (QED) is 0.701. The largest absolute Gasteiger partial charge is 0.383 e. The van der Waals surface area contributed by atoms with Crippen LogP contribution in [0.5, 0.6) is 0 Å². The summed E-state index contributed by atoms with van der Waals surface area (Å²) in [5.74, 6) is 0.464. The number of hydrogen-bond acceptors (Lipinski definition) is 4. The van der Waals surface area contributed by atoms with Crippen molar-refractivity contribution in [1.29, 1.82) is 0 Å². The third kappa shape index (κ3) is 3.89. The van der Waals surface area contributed by atoms with E-state index in [1.165, 1.54) is 8.61 Å². The maximum atomic E-state index is 12.2. The molecule has 0 aromatic heterocycles. The lowest BCUT2D eigenvalue weighted by atomic mass is 9.99. The molecule has 2 N–H and O–H groups in total. The first kappa shape index (κ1) is 14.8. The van der Waals surface area contributed by atoms with Crippen molar-refractivity contribution in [2.24, 2.45) is 11.7 Å². The Morgan fingerprint density at radius 2 is 2.00 bits per heavy atom. The zero-order chi connectivity index (χ0) is 12.9. The maximum absolute atomic E-state index is 12.2. The van der Waals surface area contributed by atoms with Gasteiger partial charge in [0.25, 0.3) is 10.2 Å². The van der Waals surface area contributed by atoms with E-state index >= 15 is 0 Å². The molecule has 1 heterocycles. The molecule has 6 nitrogen and oxygen atoms in total. The Kier molecular flexibility index (Phi) is 5.81. The molecule has 0 atom stereocenters. The highest BCUT2D eigenvalue weighted by Gasteiger charge is 2.30. The zero-order valence-corrected chi connectivity index (χ0v) is 11.4. The topological polar surface area (TPSA) is 75.9 Å². The van der Waals surface area contributed by atoms with Gasteiger partial charge in [0, 0.05) is 33.8 Å². The third-order valence-corrected chi connectivity index (χ3v) is 5.23. The van der Waals surface area contributed by atoms with Crippen molar-refractivity contribution in [2.45, 2.75) is 12.8 Å². The van der Waals surface area contributed by atoms with Gasteiger partial charge in [0.15, 0.2) is 0 Å². The van der Waals surface area contributed by atoms with Crippen molar-refractivity contribution in [3.8, 4) is 0 Å². The average Bonchev–Trinajstić information content (AvgIpc) is 2.35. The molecule has 0 saturated carbocycles. The Hall–Kier alpha value is -0.210. The van der Waals surface area contributed by atoms with E-state index in [9.17, 15) is 8.42 Å². The molecule has 1 aliphatic rings. The van der Waals surface area contributed by atoms with Gasteiger partial charge in [-0.05, 0) is 25.3 Å². The van der Waals surface area contributed by atoms with E-state index in [-0.39, 0.29) is 0 Å². The molecule has 0 bridgehead atoms. The van der Waals surface area contributed by atoms with Crippen LogP contribution in [0.15, 0.2) is 0 Å². The number of likely N-dealkylation sites (N-methyl/N-ethyl adjacent to an activating group) is 1. The lowest BCUT2D eigenvalue weighted by molar-refractivity contribution is 0.180. The summed E-state index contributed by atoms with van der Waals surface area (Å²) in [5, 5.41) is 0. The van der Waals surface area contributed by atoms with E-state index in [1.54, 1.807) is 14.2 Å². The zero-order valence-electron chi connectivity index (χ0n) is 10.6. The number of nitrogens with zero attached hydrogens (tertiary/aromatic N) is 2. The van der Waals surface area contributed by atoms with Crippen LogP contribution >= 0.6 is 0 Å². The summed E-state index contributed by atoms with van der Waals surface area (Å²) in [5.41, 5.74) is 5.59. The van der Waals surface area contributed by atoms with Gasteiger partial charge < -0.3 is 10.5 Å². The van der Waals surface area contributed by atoms with E-state index in [4.69, 9.17) is 10.5 Å². The third-order valence-electron chi connectivity index (χ3n) is 3.24. The molecule has 102 valence electrons. The fourth-order valence-corrected chi connectivity index (χ4v) is 3.28. The van der Waals surface area contributed by atoms with Crippen molar-refractivity contribution < 1.29 is 13.2 Å². The first-order valence-corrected chi connectivity index (χ1v) is 7.32. The fourth-order valence-electron chi connectivity index (χ4n) is 1.91. The Morgan fingerprint density at radius 1 is 1.41 bits per heavy atom. The van der Waals surface area contributed by atoms with Crippen LogP contribution in [0.2, 0.25) is 0 Å². The van der Waals surface area contributed by atoms with Crippen LogP contribution in [0.1, 0.15) is 12.8 Å². The summed E-state index contributed by atoms with van der Waals surface area (Å²) in [6, 6.07) is 0. The first-order valence-electron chi connectivity index (χ1n) is 5.92. The Labute approximate surface area is 104 Å². The van der Waals surface area contributed by atoms with Gasteiger partial charge in [-0.2, -0.15) is 17.0 Å². The number of rotatable bonds is 6. The van der Waals surface area contributed by atoms with E-state index in [1.807, 2.05) is 0 Å². The summed E-state index contributed by atoms with van der Waals surface area (Å²) >= 11 is 0. The Balaban J connectivity index is 2.53. The standard InChI is InChI=1S/C10H23N3O3S/c1-12(7-8-16-2)17(14,15)13-5-3-10(9-11)4-6-13/h10H,3-9,11H2,1-2H3. The molecule has 0 aliphatic carbocycles. The number of piperidine rings is 1. The van der Waals surface area contributed by atoms with Gasteiger partial charge in [0.1, 0.15) is 0 Å². The van der Waals surface area contributed by atoms with Crippen LogP contribution in [0.4, 0.5) is 0 Å². The van der Waals surface area contributed by atoms with Crippen molar-refractivity contribution in [3.63, 3.8) is 0 Å². The molecule has 1 aliphatic heterocycles. The molecule has 0 spiro atoms. The van der Waals surface area contributed by atoms with Crippen LogP contribution in [0.3, 0.4) is 0 Å². The van der Waals surface area contributed by atoms with Crippen LogP contribution in [0, 0.1) is 5.92 Å². The molecular formula is C10H23N3O3S. The molecular weight excluding hydrogens is 242 g/mol. The first-order chi connectivity index (χ1) is 8.02. The minimum Gasteiger partial charge on any atom is -0.383 e. The normalized spacial score (nSPS) is 20.0. The molecule has 17 heavy (non-hydrogen) atoms.